The molecule has 1 unspecified atom stereocenters. The Bertz CT molecular complexity index is 556. The van der Waals surface area contributed by atoms with Crippen LogP contribution in [0, 0.1) is 0 Å². The van der Waals surface area contributed by atoms with Gasteiger partial charge in [-0.2, -0.15) is 28.1 Å². The monoisotopic (exact) mass is 290 g/mol. The van der Waals surface area contributed by atoms with Crippen LogP contribution in [0.3, 0.4) is 0 Å². The molecule has 0 bridgehead atoms. The number of nitrogens with zero attached hydrogens (tertiary/aromatic N) is 4. The summed E-state index contributed by atoms with van der Waals surface area (Å²) in [6.07, 6.45) is -4.67. The Hall–Kier alpha value is -1.97. The highest BCUT2D eigenvalue weighted by Crippen LogP contribution is 2.27. The van der Waals surface area contributed by atoms with Gasteiger partial charge in [-0.3, -0.25) is 0 Å². The molecule has 0 aliphatic rings. The standard InChI is InChI=1S/C9H9F3N6S/c1-4(5-2-19-3-14-5)15-8-17-6(9(10,11)12)16-7(13)18-8/h2-4H,1H3,(H3,13,15,16,17,18). The highest BCUT2D eigenvalue weighted by atomic mass is 32.1. The van der Waals surface area contributed by atoms with Crippen LogP contribution in [0.1, 0.15) is 24.5 Å². The third-order valence-corrected chi connectivity index (χ3v) is 2.75. The number of nitrogens with one attached hydrogen (secondary N) is 1. The smallest absolute Gasteiger partial charge is 0.368 e. The van der Waals surface area contributed by atoms with Gasteiger partial charge in [0.25, 0.3) is 0 Å². The summed E-state index contributed by atoms with van der Waals surface area (Å²) in [5.74, 6) is -2.05. The second kappa shape index (κ2) is 4.96. The second-order valence-corrected chi connectivity index (χ2v) is 4.34. The van der Waals surface area contributed by atoms with Gasteiger partial charge < -0.3 is 11.1 Å². The minimum absolute atomic E-state index is 0.236. The molecule has 2 aromatic rings. The number of hydrogen-bond acceptors (Lipinski definition) is 7. The molecule has 2 aromatic heterocycles. The Kier molecular flexibility index (Phi) is 3.51. The van der Waals surface area contributed by atoms with Gasteiger partial charge in [-0.05, 0) is 6.92 Å². The predicted molar refractivity (Wildman–Crippen MR) is 63.4 cm³/mol. The SMILES string of the molecule is CC(Nc1nc(N)nc(C(F)(F)F)n1)c1cscn1. The van der Waals surface area contributed by atoms with Crippen LogP contribution in [0.15, 0.2) is 10.9 Å². The highest BCUT2D eigenvalue weighted by Gasteiger charge is 2.35. The summed E-state index contributed by atoms with van der Waals surface area (Å²) in [5, 5.41) is 4.47. The molecule has 102 valence electrons. The lowest BCUT2D eigenvalue weighted by Crippen LogP contribution is -2.17. The van der Waals surface area contributed by atoms with Crippen LogP contribution in [-0.4, -0.2) is 19.9 Å². The average Bonchev–Trinajstić information content (AvgIpc) is 2.80. The number of halogens is 3. The van der Waals surface area contributed by atoms with Gasteiger partial charge in [-0.1, -0.05) is 0 Å². The molecule has 19 heavy (non-hydrogen) atoms. The molecule has 10 heteroatoms. The third-order valence-electron chi connectivity index (χ3n) is 2.15. The Morgan fingerprint density at radius 2 is 2.05 bits per heavy atom. The van der Waals surface area contributed by atoms with Crippen LogP contribution >= 0.6 is 11.3 Å². The van der Waals surface area contributed by atoms with Gasteiger partial charge in [0.15, 0.2) is 0 Å². The summed E-state index contributed by atoms with van der Waals surface area (Å²) in [6, 6.07) is -0.339. The van der Waals surface area contributed by atoms with Crippen molar-refractivity contribution in [2.45, 2.75) is 19.1 Å². The molecule has 2 heterocycles. The molecule has 0 saturated heterocycles. The molecule has 0 aromatic carbocycles. The van der Waals surface area contributed by atoms with E-state index < -0.39 is 17.9 Å². The van der Waals surface area contributed by atoms with Crippen molar-refractivity contribution in [3.05, 3.63) is 22.4 Å². The molecule has 1 atom stereocenters. The molecule has 0 aliphatic carbocycles. The molecule has 0 spiro atoms. The van der Waals surface area contributed by atoms with Gasteiger partial charge in [0, 0.05) is 5.38 Å². The number of nitrogen functional groups attached to an aromatic ring is 1. The number of aromatic nitrogens is 4. The Morgan fingerprint density at radius 3 is 2.63 bits per heavy atom. The zero-order valence-electron chi connectivity index (χ0n) is 9.64. The quantitative estimate of drug-likeness (QED) is 0.899. The lowest BCUT2D eigenvalue weighted by atomic mass is 10.3. The first kappa shape index (κ1) is 13.5. The number of anilines is 2. The van der Waals surface area contributed by atoms with E-state index in [-0.39, 0.29) is 12.0 Å². The average molecular weight is 290 g/mol. The molecule has 0 fully saturated rings. The molecule has 0 saturated carbocycles. The Labute approximate surface area is 109 Å². The van der Waals surface area contributed by atoms with E-state index in [0.29, 0.717) is 5.69 Å². The van der Waals surface area contributed by atoms with Gasteiger partial charge >= 0.3 is 6.18 Å². The fraction of sp³-hybridized carbons (Fsp3) is 0.333. The number of rotatable bonds is 3. The van der Waals surface area contributed by atoms with E-state index in [1.165, 1.54) is 11.3 Å². The van der Waals surface area contributed by atoms with Crippen molar-refractivity contribution in [1.82, 2.24) is 19.9 Å². The van der Waals surface area contributed by atoms with Crippen molar-refractivity contribution in [1.29, 1.82) is 0 Å². The Balaban J connectivity index is 2.23. The van der Waals surface area contributed by atoms with E-state index in [9.17, 15) is 13.2 Å². The molecule has 2 rings (SSSR count). The molecular weight excluding hydrogens is 281 g/mol. The van der Waals surface area contributed by atoms with Gasteiger partial charge in [0.2, 0.25) is 17.7 Å². The first-order chi connectivity index (χ1) is 8.86. The van der Waals surface area contributed by atoms with Crippen LogP contribution in [0.2, 0.25) is 0 Å². The molecular formula is C9H9F3N6S. The van der Waals surface area contributed by atoms with Crippen molar-refractivity contribution in [3.8, 4) is 0 Å². The minimum Gasteiger partial charge on any atom is -0.368 e. The first-order valence-electron chi connectivity index (χ1n) is 5.09. The predicted octanol–water partition coefficient (Wildman–Crippen LogP) is 2.10. The van der Waals surface area contributed by atoms with Crippen LogP contribution in [0.4, 0.5) is 25.1 Å². The van der Waals surface area contributed by atoms with Gasteiger partial charge in [-0.25, -0.2) is 4.98 Å². The largest absolute Gasteiger partial charge is 0.451 e. The van der Waals surface area contributed by atoms with Gasteiger partial charge in [0.1, 0.15) is 0 Å². The third kappa shape index (κ3) is 3.28. The number of hydrogen-bond donors (Lipinski definition) is 2. The summed E-state index contributed by atoms with van der Waals surface area (Å²) < 4.78 is 37.5. The molecule has 6 nitrogen and oxygen atoms in total. The van der Waals surface area contributed by atoms with E-state index in [0.717, 1.165) is 0 Å². The summed E-state index contributed by atoms with van der Waals surface area (Å²) in [4.78, 5) is 14.0. The van der Waals surface area contributed by atoms with E-state index in [1.807, 2.05) is 0 Å². The highest BCUT2D eigenvalue weighted by molar-refractivity contribution is 7.07. The molecule has 3 N–H and O–H groups in total. The summed E-state index contributed by atoms with van der Waals surface area (Å²) >= 11 is 1.38. The maximum absolute atomic E-state index is 12.5. The van der Waals surface area contributed by atoms with Crippen molar-refractivity contribution < 1.29 is 13.2 Å². The van der Waals surface area contributed by atoms with Crippen LogP contribution in [-0.2, 0) is 6.18 Å². The van der Waals surface area contributed by atoms with Crippen LogP contribution in [0.5, 0.6) is 0 Å². The normalized spacial score (nSPS) is 13.3. The number of nitrogens with two attached hydrogens (primary N) is 1. The second-order valence-electron chi connectivity index (χ2n) is 3.62. The number of thiazole rings is 1. The fourth-order valence-corrected chi connectivity index (χ4v) is 1.93. The van der Waals surface area contributed by atoms with Crippen LogP contribution < -0.4 is 11.1 Å². The van der Waals surface area contributed by atoms with E-state index in [4.69, 9.17) is 5.73 Å². The van der Waals surface area contributed by atoms with Gasteiger partial charge in [0.05, 0.1) is 17.2 Å². The van der Waals surface area contributed by atoms with E-state index in [1.54, 1.807) is 17.8 Å². The van der Waals surface area contributed by atoms with E-state index >= 15 is 0 Å². The van der Waals surface area contributed by atoms with Crippen molar-refractivity contribution in [2.75, 3.05) is 11.1 Å². The summed E-state index contributed by atoms with van der Waals surface area (Å²) in [7, 11) is 0. The van der Waals surface area contributed by atoms with Crippen molar-refractivity contribution >= 4 is 23.2 Å². The fourth-order valence-electron chi connectivity index (χ4n) is 1.29. The molecule has 0 radical (unpaired) electrons. The zero-order valence-corrected chi connectivity index (χ0v) is 10.5. The Morgan fingerprint density at radius 1 is 1.32 bits per heavy atom. The van der Waals surface area contributed by atoms with Crippen molar-refractivity contribution in [2.24, 2.45) is 0 Å². The first-order valence-corrected chi connectivity index (χ1v) is 6.04. The maximum Gasteiger partial charge on any atom is 0.451 e. The lowest BCUT2D eigenvalue weighted by molar-refractivity contribution is -0.144. The summed E-state index contributed by atoms with van der Waals surface area (Å²) in [5.41, 5.74) is 7.53. The molecule has 0 amide bonds. The topological polar surface area (TPSA) is 89.6 Å². The maximum atomic E-state index is 12.5. The lowest BCUT2D eigenvalue weighted by Gasteiger charge is -2.13. The number of alkyl halides is 3. The minimum atomic E-state index is -4.67. The van der Waals surface area contributed by atoms with Gasteiger partial charge in [-0.15, -0.1) is 11.3 Å². The zero-order chi connectivity index (χ0) is 14.0. The van der Waals surface area contributed by atoms with Crippen molar-refractivity contribution in [3.63, 3.8) is 0 Å². The molecule has 0 aliphatic heterocycles. The summed E-state index contributed by atoms with van der Waals surface area (Å²) in [6.45, 7) is 1.72. The van der Waals surface area contributed by atoms with Crippen LogP contribution in [0.25, 0.3) is 0 Å². The van der Waals surface area contributed by atoms with E-state index in [2.05, 4.69) is 25.3 Å².